The van der Waals surface area contributed by atoms with Gasteiger partial charge >= 0.3 is 6.03 Å². The summed E-state index contributed by atoms with van der Waals surface area (Å²) in [5, 5.41) is 5.44. The molecule has 0 saturated carbocycles. The van der Waals surface area contributed by atoms with Crippen LogP contribution in [-0.4, -0.2) is 29.9 Å². The van der Waals surface area contributed by atoms with E-state index in [4.69, 9.17) is 0 Å². The monoisotopic (exact) mass is 365 g/mol. The predicted octanol–water partition coefficient (Wildman–Crippen LogP) is 4.10. The lowest BCUT2D eigenvalue weighted by Crippen LogP contribution is -2.41. The predicted molar refractivity (Wildman–Crippen MR) is 108 cm³/mol. The first-order valence-corrected chi connectivity index (χ1v) is 9.42. The molecule has 1 fully saturated rings. The fraction of sp³-hybridized carbons (Fsp3) is 0.364. The second-order valence-electron chi connectivity index (χ2n) is 7.27. The lowest BCUT2D eigenvalue weighted by atomic mass is 9.99. The zero-order valence-electron chi connectivity index (χ0n) is 16.2. The number of nitrogens with one attached hydrogen (secondary N) is 2. The van der Waals surface area contributed by atoms with E-state index in [-0.39, 0.29) is 24.5 Å². The molecule has 1 aliphatic rings. The average Bonchev–Trinajstić information content (AvgIpc) is 3.12. The molecule has 3 rings (SSSR count). The molecular weight excluding hydrogens is 338 g/mol. The summed E-state index contributed by atoms with van der Waals surface area (Å²) in [6, 6.07) is 13.7. The van der Waals surface area contributed by atoms with Gasteiger partial charge in [-0.05, 0) is 68.0 Å². The van der Waals surface area contributed by atoms with Crippen LogP contribution in [0.2, 0.25) is 0 Å². The Labute approximate surface area is 160 Å². The summed E-state index contributed by atoms with van der Waals surface area (Å²) >= 11 is 0. The van der Waals surface area contributed by atoms with Crippen LogP contribution in [0.25, 0.3) is 0 Å². The third-order valence-electron chi connectivity index (χ3n) is 5.16. The Bertz CT molecular complexity index is 847. The Balaban J connectivity index is 1.58. The summed E-state index contributed by atoms with van der Waals surface area (Å²) in [7, 11) is 0. The fourth-order valence-electron chi connectivity index (χ4n) is 3.54. The largest absolute Gasteiger partial charge is 0.334 e. The molecule has 142 valence electrons. The molecule has 1 atom stereocenters. The maximum atomic E-state index is 12.7. The Kier molecular flexibility index (Phi) is 5.79. The number of hydrogen-bond donors (Lipinski definition) is 2. The van der Waals surface area contributed by atoms with Crippen molar-refractivity contribution in [3.8, 4) is 0 Å². The number of nitrogens with zero attached hydrogens (tertiary/aromatic N) is 1. The van der Waals surface area contributed by atoms with E-state index in [9.17, 15) is 9.59 Å². The van der Waals surface area contributed by atoms with Crippen molar-refractivity contribution in [2.45, 2.75) is 39.7 Å². The van der Waals surface area contributed by atoms with Crippen molar-refractivity contribution in [3.63, 3.8) is 0 Å². The topological polar surface area (TPSA) is 61.4 Å². The maximum Gasteiger partial charge on any atom is 0.319 e. The Morgan fingerprint density at radius 1 is 1.07 bits per heavy atom. The van der Waals surface area contributed by atoms with Crippen LogP contribution in [-0.2, 0) is 4.79 Å². The molecule has 0 bridgehead atoms. The second-order valence-corrected chi connectivity index (χ2v) is 7.27. The molecule has 2 aromatic carbocycles. The van der Waals surface area contributed by atoms with Crippen LogP contribution < -0.4 is 10.6 Å². The molecule has 1 heterocycles. The number of carbonyl (C=O) groups excluding carboxylic acids is 2. The molecule has 0 aliphatic carbocycles. The van der Waals surface area contributed by atoms with Crippen LogP contribution in [0.5, 0.6) is 0 Å². The molecule has 0 aromatic heterocycles. The fourth-order valence-corrected chi connectivity index (χ4v) is 3.54. The van der Waals surface area contributed by atoms with E-state index in [1.165, 1.54) is 16.7 Å². The summed E-state index contributed by atoms with van der Waals surface area (Å²) in [5.41, 5.74) is 5.45. The minimum absolute atomic E-state index is 0.000999. The molecule has 5 heteroatoms. The number of aryl methyl sites for hydroxylation is 3. The van der Waals surface area contributed by atoms with Crippen LogP contribution in [0.1, 0.15) is 41.1 Å². The number of rotatable bonds is 4. The lowest BCUT2D eigenvalue weighted by molar-refractivity contribution is -0.131. The summed E-state index contributed by atoms with van der Waals surface area (Å²) in [5.74, 6) is -0.0462. The summed E-state index contributed by atoms with van der Waals surface area (Å²) < 4.78 is 0. The SMILES string of the molecule is Cc1cccc(NC(=O)NCC(=O)N2CCCC2c2ccc(C)c(C)c2)c1. The molecule has 2 N–H and O–H groups in total. The average molecular weight is 365 g/mol. The Morgan fingerprint density at radius 3 is 2.63 bits per heavy atom. The van der Waals surface area contributed by atoms with E-state index < -0.39 is 0 Å². The van der Waals surface area contributed by atoms with Gasteiger partial charge in [0.25, 0.3) is 0 Å². The summed E-state index contributed by atoms with van der Waals surface area (Å²) in [4.78, 5) is 26.6. The van der Waals surface area contributed by atoms with Gasteiger partial charge in [-0.2, -0.15) is 0 Å². The van der Waals surface area contributed by atoms with Crippen molar-refractivity contribution < 1.29 is 9.59 Å². The van der Waals surface area contributed by atoms with Gasteiger partial charge in [0.2, 0.25) is 5.91 Å². The van der Waals surface area contributed by atoms with Gasteiger partial charge in [0.15, 0.2) is 0 Å². The third kappa shape index (κ3) is 4.67. The van der Waals surface area contributed by atoms with E-state index in [0.29, 0.717) is 5.69 Å². The highest BCUT2D eigenvalue weighted by Gasteiger charge is 2.30. The molecule has 0 radical (unpaired) electrons. The highest BCUT2D eigenvalue weighted by atomic mass is 16.2. The maximum absolute atomic E-state index is 12.7. The second kappa shape index (κ2) is 8.25. The van der Waals surface area contributed by atoms with Crippen molar-refractivity contribution in [2.24, 2.45) is 0 Å². The van der Waals surface area contributed by atoms with Gasteiger partial charge < -0.3 is 15.5 Å². The molecule has 1 aliphatic heterocycles. The molecule has 1 unspecified atom stereocenters. The van der Waals surface area contributed by atoms with Crippen molar-refractivity contribution in [1.82, 2.24) is 10.2 Å². The number of carbonyl (C=O) groups is 2. The minimum Gasteiger partial charge on any atom is -0.334 e. The number of urea groups is 1. The molecule has 1 saturated heterocycles. The lowest BCUT2D eigenvalue weighted by Gasteiger charge is -2.26. The van der Waals surface area contributed by atoms with E-state index >= 15 is 0 Å². The van der Waals surface area contributed by atoms with Crippen LogP contribution in [0.3, 0.4) is 0 Å². The van der Waals surface area contributed by atoms with Gasteiger partial charge in [0.05, 0.1) is 12.6 Å². The van der Waals surface area contributed by atoms with Gasteiger partial charge in [-0.15, -0.1) is 0 Å². The quantitative estimate of drug-likeness (QED) is 0.857. The zero-order chi connectivity index (χ0) is 19.4. The molecular formula is C22H27N3O2. The van der Waals surface area contributed by atoms with E-state index in [2.05, 4.69) is 42.7 Å². The van der Waals surface area contributed by atoms with Crippen LogP contribution in [0.4, 0.5) is 10.5 Å². The van der Waals surface area contributed by atoms with E-state index in [0.717, 1.165) is 24.9 Å². The van der Waals surface area contributed by atoms with Crippen molar-refractivity contribution >= 4 is 17.6 Å². The third-order valence-corrected chi connectivity index (χ3v) is 5.16. The standard InChI is InChI=1S/C22H27N3O2/c1-15-6-4-7-19(12-15)24-22(27)23-14-21(26)25-11-5-8-20(25)18-10-9-16(2)17(3)13-18/h4,6-7,9-10,12-13,20H,5,8,11,14H2,1-3H3,(H2,23,24,27). The van der Waals surface area contributed by atoms with E-state index in [1.807, 2.05) is 36.1 Å². The first kappa shape index (κ1) is 19.0. The summed E-state index contributed by atoms with van der Waals surface area (Å²) in [6.07, 6.45) is 1.95. The van der Waals surface area contributed by atoms with Crippen LogP contribution >= 0.6 is 0 Å². The Morgan fingerprint density at radius 2 is 1.89 bits per heavy atom. The molecule has 2 aromatic rings. The highest BCUT2D eigenvalue weighted by Crippen LogP contribution is 2.32. The first-order valence-electron chi connectivity index (χ1n) is 9.42. The van der Waals surface area contributed by atoms with Gasteiger partial charge in [-0.1, -0.05) is 30.3 Å². The van der Waals surface area contributed by atoms with Crippen LogP contribution in [0.15, 0.2) is 42.5 Å². The minimum atomic E-state index is -0.365. The van der Waals surface area contributed by atoms with Crippen molar-refractivity contribution in [3.05, 3.63) is 64.7 Å². The number of amides is 3. The molecule has 0 spiro atoms. The normalized spacial score (nSPS) is 16.3. The summed E-state index contributed by atoms with van der Waals surface area (Å²) in [6.45, 7) is 6.88. The van der Waals surface area contributed by atoms with Crippen molar-refractivity contribution in [1.29, 1.82) is 0 Å². The number of hydrogen-bond acceptors (Lipinski definition) is 2. The van der Waals surface area contributed by atoms with E-state index in [1.54, 1.807) is 0 Å². The number of anilines is 1. The molecule has 27 heavy (non-hydrogen) atoms. The number of likely N-dealkylation sites (tertiary alicyclic amines) is 1. The van der Waals surface area contributed by atoms with Gasteiger partial charge in [-0.3, -0.25) is 4.79 Å². The van der Waals surface area contributed by atoms with Gasteiger partial charge in [0, 0.05) is 12.2 Å². The highest BCUT2D eigenvalue weighted by molar-refractivity contribution is 5.92. The zero-order valence-corrected chi connectivity index (χ0v) is 16.2. The number of benzene rings is 2. The van der Waals surface area contributed by atoms with Gasteiger partial charge in [0.1, 0.15) is 0 Å². The first-order chi connectivity index (χ1) is 12.9. The molecule has 3 amide bonds. The smallest absolute Gasteiger partial charge is 0.319 e. The van der Waals surface area contributed by atoms with Crippen LogP contribution in [0, 0.1) is 20.8 Å². The van der Waals surface area contributed by atoms with Gasteiger partial charge in [-0.25, -0.2) is 4.79 Å². The van der Waals surface area contributed by atoms with Crippen molar-refractivity contribution in [2.75, 3.05) is 18.4 Å². The Hall–Kier alpha value is -2.82. The molecule has 5 nitrogen and oxygen atoms in total.